The number of halogens is 1. The van der Waals surface area contributed by atoms with Gasteiger partial charge in [0.15, 0.2) is 23.6 Å². The van der Waals surface area contributed by atoms with E-state index >= 15 is 0 Å². The number of hydrogen-bond donors (Lipinski definition) is 3. The SMILES string of the molecule is CC.CNC(C)(C)C(=O)OC(c1ccc(F)cc1)c1nc(Nc2cc(C)[nH]n2)c2cccn2n1. The molecule has 3 heterocycles. The number of aryl methyl sites for hydroxylation is 1. The molecule has 1 unspecified atom stereocenters. The van der Waals surface area contributed by atoms with Crippen LogP contribution in [-0.2, 0) is 9.53 Å². The lowest BCUT2D eigenvalue weighted by atomic mass is 10.1. The minimum Gasteiger partial charge on any atom is -0.448 e. The summed E-state index contributed by atoms with van der Waals surface area (Å²) >= 11 is 0. The predicted molar refractivity (Wildman–Crippen MR) is 128 cm³/mol. The first-order chi connectivity index (χ1) is 16.3. The van der Waals surface area contributed by atoms with Crippen molar-refractivity contribution < 1.29 is 13.9 Å². The zero-order chi connectivity index (χ0) is 24.9. The van der Waals surface area contributed by atoms with Gasteiger partial charge in [0.25, 0.3) is 0 Å². The van der Waals surface area contributed by atoms with E-state index in [1.165, 1.54) is 12.1 Å². The number of H-pyrrole nitrogens is 1. The summed E-state index contributed by atoms with van der Waals surface area (Å²) in [5.41, 5.74) is 1.21. The molecular weight excluding hydrogens is 437 g/mol. The molecule has 3 N–H and O–H groups in total. The lowest BCUT2D eigenvalue weighted by molar-refractivity contribution is -0.154. The molecule has 3 aromatic heterocycles. The Balaban J connectivity index is 0.00000158. The number of rotatable bonds is 7. The maximum atomic E-state index is 13.6. The Morgan fingerprint density at radius 3 is 2.53 bits per heavy atom. The first-order valence-electron chi connectivity index (χ1n) is 11.1. The number of nitrogens with one attached hydrogen (secondary N) is 3. The number of hydrogen-bond acceptors (Lipinski definition) is 7. The Morgan fingerprint density at radius 1 is 1.21 bits per heavy atom. The van der Waals surface area contributed by atoms with Crippen molar-refractivity contribution in [3.63, 3.8) is 0 Å². The zero-order valence-corrected chi connectivity index (χ0v) is 20.2. The fourth-order valence-corrected chi connectivity index (χ4v) is 3.02. The van der Waals surface area contributed by atoms with Gasteiger partial charge in [0, 0.05) is 23.5 Å². The van der Waals surface area contributed by atoms with Crippen molar-refractivity contribution >= 4 is 23.1 Å². The van der Waals surface area contributed by atoms with Crippen molar-refractivity contribution in [1.29, 1.82) is 0 Å². The third-order valence-electron chi connectivity index (χ3n) is 5.13. The lowest BCUT2D eigenvalue weighted by Gasteiger charge is -2.26. The number of carbonyl (C=O) groups excluding carboxylic acids is 1. The van der Waals surface area contributed by atoms with Crippen LogP contribution in [0, 0.1) is 12.7 Å². The summed E-state index contributed by atoms with van der Waals surface area (Å²) in [6.45, 7) is 9.31. The highest BCUT2D eigenvalue weighted by atomic mass is 19.1. The topological polar surface area (TPSA) is 109 Å². The van der Waals surface area contributed by atoms with Gasteiger partial charge in [-0.2, -0.15) is 5.10 Å². The van der Waals surface area contributed by atoms with Gasteiger partial charge in [-0.1, -0.05) is 26.0 Å². The molecule has 4 aromatic rings. The normalized spacial score (nSPS) is 12.1. The minimum atomic E-state index is -0.955. The highest BCUT2D eigenvalue weighted by molar-refractivity contribution is 5.80. The number of ether oxygens (including phenoxy) is 1. The molecule has 0 aliphatic heterocycles. The van der Waals surface area contributed by atoms with Gasteiger partial charge in [-0.25, -0.2) is 13.9 Å². The van der Waals surface area contributed by atoms with Gasteiger partial charge in [-0.05, 0) is 52.1 Å². The zero-order valence-electron chi connectivity index (χ0n) is 20.2. The summed E-state index contributed by atoms with van der Waals surface area (Å²) in [5.74, 6) is 0.412. The van der Waals surface area contributed by atoms with Gasteiger partial charge < -0.3 is 15.4 Å². The van der Waals surface area contributed by atoms with Crippen LogP contribution in [0.25, 0.3) is 5.52 Å². The van der Waals surface area contributed by atoms with E-state index in [0.717, 1.165) is 5.69 Å². The third-order valence-corrected chi connectivity index (χ3v) is 5.13. The van der Waals surface area contributed by atoms with Crippen molar-refractivity contribution in [1.82, 2.24) is 30.1 Å². The van der Waals surface area contributed by atoms with Gasteiger partial charge in [0.1, 0.15) is 16.9 Å². The Labute approximate surface area is 197 Å². The van der Waals surface area contributed by atoms with E-state index in [1.807, 2.05) is 39.0 Å². The number of benzene rings is 1. The van der Waals surface area contributed by atoms with Gasteiger partial charge in [0.2, 0.25) is 0 Å². The highest BCUT2D eigenvalue weighted by Gasteiger charge is 2.32. The quantitative estimate of drug-likeness (QED) is 0.348. The van der Waals surface area contributed by atoms with Crippen LogP contribution in [0.4, 0.5) is 16.0 Å². The van der Waals surface area contributed by atoms with Crippen molar-refractivity contribution in [2.75, 3.05) is 12.4 Å². The predicted octanol–water partition coefficient (Wildman–Crippen LogP) is 4.30. The van der Waals surface area contributed by atoms with Crippen LogP contribution in [0.2, 0.25) is 0 Å². The average molecular weight is 468 g/mol. The number of aromatic nitrogens is 5. The Bertz CT molecular complexity index is 1250. The molecule has 0 fully saturated rings. The maximum absolute atomic E-state index is 13.6. The Morgan fingerprint density at radius 2 is 1.91 bits per heavy atom. The molecule has 0 radical (unpaired) electrons. The van der Waals surface area contributed by atoms with E-state index in [0.29, 0.717) is 22.7 Å². The highest BCUT2D eigenvalue weighted by Crippen LogP contribution is 2.28. The van der Waals surface area contributed by atoms with Crippen LogP contribution in [0.1, 0.15) is 50.9 Å². The van der Waals surface area contributed by atoms with Crippen molar-refractivity contribution in [2.24, 2.45) is 0 Å². The fraction of sp³-hybridized carbons (Fsp3) is 0.333. The molecule has 1 aromatic carbocycles. The Kier molecular flexibility index (Phi) is 7.62. The number of carbonyl (C=O) groups is 1. The number of likely N-dealkylation sites (N-methyl/N-ethyl adjacent to an activating group) is 1. The van der Waals surface area contributed by atoms with Crippen LogP contribution >= 0.6 is 0 Å². The van der Waals surface area contributed by atoms with Crippen LogP contribution in [0.3, 0.4) is 0 Å². The molecule has 180 valence electrons. The van der Waals surface area contributed by atoms with Gasteiger partial charge in [-0.15, -0.1) is 5.10 Å². The standard InChI is InChI=1S/C22H24FN7O2.C2H6/c1-13-12-17(28-27-13)25-19-16-6-5-11-30(16)29-20(26-19)18(14-7-9-15(23)10-8-14)32-21(31)22(2,3)24-4;1-2/h5-12,18,24H,1-4H3,(H2,25,26,27,28,29);1-2H3. The summed E-state index contributed by atoms with van der Waals surface area (Å²) in [5, 5.41) is 17.7. The van der Waals surface area contributed by atoms with E-state index in [1.54, 1.807) is 43.7 Å². The van der Waals surface area contributed by atoms with E-state index in [4.69, 9.17) is 4.74 Å². The third kappa shape index (κ3) is 5.40. The van der Waals surface area contributed by atoms with E-state index in [2.05, 4.69) is 30.9 Å². The van der Waals surface area contributed by atoms with E-state index in [9.17, 15) is 9.18 Å². The second kappa shape index (κ2) is 10.4. The molecule has 1 atom stereocenters. The molecule has 9 nitrogen and oxygen atoms in total. The monoisotopic (exact) mass is 467 g/mol. The first kappa shape index (κ1) is 24.8. The molecule has 34 heavy (non-hydrogen) atoms. The number of nitrogens with zero attached hydrogens (tertiary/aromatic N) is 4. The van der Waals surface area contributed by atoms with Crippen LogP contribution in [0.15, 0.2) is 48.7 Å². The molecule has 0 aliphatic carbocycles. The molecular formula is C24H30FN7O2. The smallest absolute Gasteiger partial charge is 0.326 e. The molecule has 0 spiro atoms. The van der Waals surface area contributed by atoms with E-state index < -0.39 is 23.4 Å². The number of fused-ring (bicyclic) bond motifs is 1. The summed E-state index contributed by atoms with van der Waals surface area (Å²) in [6, 6.07) is 11.2. The summed E-state index contributed by atoms with van der Waals surface area (Å²) in [4.78, 5) is 17.5. The van der Waals surface area contributed by atoms with Crippen LogP contribution < -0.4 is 10.6 Å². The molecule has 10 heteroatoms. The van der Waals surface area contributed by atoms with Gasteiger partial charge >= 0.3 is 5.97 Å². The van der Waals surface area contributed by atoms with Gasteiger partial charge in [0.05, 0.1) is 0 Å². The van der Waals surface area contributed by atoms with E-state index in [-0.39, 0.29) is 5.82 Å². The van der Waals surface area contributed by atoms with Crippen molar-refractivity contribution in [3.05, 3.63) is 71.6 Å². The summed E-state index contributed by atoms with van der Waals surface area (Å²) in [6.07, 6.45) is 0.812. The lowest BCUT2D eigenvalue weighted by Crippen LogP contribution is -2.46. The summed E-state index contributed by atoms with van der Waals surface area (Å²) in [7, 11) is 1.67. The van der Waals surface area contributed by atoms with Crippen LogP contribution in [0.5, 0.6) is 0 Å². The second-order valence-electron chi connectivity index (χ2n) is 7.93. The second-order valence-corrected chi connectivity index (χ2v) is 7.93. The molecule has 0 aliphatic rings. The first-order valence-corrected chi connectivity index (χ1v) is 11.1. The largest absolute Gasteiger partial charge is 0.448 e. The molecule has 0 amide bonds. The van der Waals surface area contributed by atoms with Crippen molar-refractivity contribution in [3.8, 4) is 0 Å². The fourth-order valence-electron chi connectivity index (χ4n) is 3.02. The number of esters is 1. The minimum absolute atomic E-state index is 0.232. The molecule has 0 bridgehead atoms. The summed E-state index contributed by atoms with van der Waals surface area (Å²) < 4.78 is 21.0. The van der Waals surface area contributed by atoms with Crippen molar-refractivity contribution in [2.45, 2.75) is 46.3 Å². The van der Waals surface area contributed by atoms with Gasteiger partial charge in [-0.3, -0.25) is 9.89 Å². The van der Waals surface area contributed by atoms with Crippen LogP contribution in [-0.4, -0.2) is 43.4 Å². The molecule has 4 rings (SSSR count). The molecule has 0 saturated heterocycles. The average Bonchev–Trinajstić information content (AvgIpc) is 3.48. The number of anilines is 2. The number of aromatic amines is 1. The Hall–Kier alpha value is -3.79. The molecule has 0 saturated carbocycles. The maximum Gasteiger partial charge on any atom is 0.326 e.